The van der Waals surface area contributed by atoms with Crippen LogP contribution in [0.4, 0.5) is 18.9 Å². The van der Waals surface area contributed by atoms with Crippen LogP contribution in [0.5, 0.6) is 0 Å². The molecule has 1 N–H and O–H groups in total. The molecule has 6 nitrogen and oxygen atoms in total. The Hall–Kier alpha value is -2.26. The summed E-state index contributed by atoms with van der Waals surface area (Å²) in [7, 11) is 0. The first kappa shape index (κ1) is 22.0. The first-order chi connectivity index (χ1) is 13.1. The molecule has 0 saturated carbocycles. The highest BCUT2D eigenvalue weighted by molar-refractivity contribution is 6.36. The monoisotopic (exact) mass is 436 g/mol. The summed E-state index contributed by atoms with van der Waals surface area (Å²) < 4.78 is 38.7. The van der Waals surface area contributed by atoms with Crippen molar-refractivity contribution in [1.82, 2.24) is 14.7 Å². The quantitative estimate of drug-likeness (QED) is 0.710. The Labute approximate surface area is 169 Å². The highest BCUT2D eigenvalue weighted by Crippen LogP contribution is 2.27. The number of hydrogen-bond donors (Lipinski definition) is 1. The average Bonchev–Trinajstić information content (AvgIpc) is 3.06. The van der Waals surface area contributed by atoms with E-state index in [9.17, 15) is 22.8 Å². The molecule has 1 heterocycles. The van der Waals surface area contributed by atoms with Crippen LogP contribution in [0.2, 0.25) is 10.0 Å². The van der Waals surface area contributed by atoms with Crippen LogP contribution in [0.3, 0.4) is 0 Å². The second-order valence-corrected chi connectivity index (χ2v) is 6.73. The number of aromatic nitrogens is 2. The number of benzene rings is 1. The van der Waals surface area contributed by atoms with Gasteiger partial charge in [-0.15, -0.1) is 0 Å². The number of halogens is 5. The molecule has 0 radical (unpaired) electrons. The molecule has 28 heavy (non-hydrogen) atoms. The molecule has 0 fully saturated rings. The molecular formula is C17H17Cl2F3N4O2. The predicted octanol–water partition coefficient (Wildman–Crippen LogP) is 4.09. The molecule has 0 bridgehead atoms. The van der Waals surface area contributed by atoms with E-state index in [4.69, 9.17) is 23.2 Å². The number of nitrogens with zero attached hydrogens (tertiary/aromatic N) is 3. The first-order valence-electron chi connectivity index (χ1n) is 8.23. The van der Waals surface area contributed by atoms with E-state index in [1.54, 1.807) is 6.07 Å². The molecule has 0 spiro atoms. The number of nitrogens with one attached hydrogen (secondary N) is 1. The number of anilines is 1. The van der Waals surface area contributed by atoms with Crippen molar-refractivity contribution in [3.8, 4) is 0 Å². The van der Waals surface area contributed by atoms with Crippen LogP contribution in [-0.4, -0.2) is 39.6 Å². The van der Waals surface area contributed by atoms with E-state index >= 15 is 0 Å². The third-order valence-electron chi connectivity index (χ3n) is 3.61. The van der Waals surface area contributed by atoms with E-state index in [-0.39, 0.29) is 18.1 Å². The molecule has 152 valence electrons. The van der Waals surface area contributed by atoms with Crippen LogP contribution in [0.15, 0.2) is 30.5 Å². The maximum atomic E-state index is 12.6. The number of amides is 2. The van der Waals surface area contributed by atoms with Crippen LogP contribution in [0, 0.1) is 0 Å². The first-order valence-corrected chi connectivity index (χ1v) is 8.99. The van der Waals surface area contributed by atoms with Crippen molar-refractivity contribution < 1.29 is 22.8 Å². The number of rotatable bonds is 7. The largest absolute Gasteiger partial charge is 0.435 e. The van der Waals surface area contributed by atoms with Gasteiger partial charge in [-0.3, -0.25) is 14.3 Å². The summed E-state index contributed by atoms with van der Waals surface area (Å²) >= 11 is 11.8. The summed E-state index contributed by atoms with van der Waals surface area (Å²) in [5.74, 6) is -1.03. The summed E-state index contributed by atoms with van der Waals surface area (Å²) in [4.78, 5) is 25.9. The van der Waals surface area contributed by atoms with Gasteiger partial charge in [-0.05, 0) is 30.7 Å². The maximum absolute atomic E-state index is 12.6. The topological polar surface area (TPSA) is 67.2 Å². The minimum atomic E-state index is -4.59. The van der Waals surface area contributed by atoms with E-state index in [1.807, 2.05) is 6.92 Å². The molecule has 1 aromatic carbocycles. The van der Waals surface area contributed by atoms with Gasteiger partial charge < -0.3 is 10.2 Å². The van der Waals surface area contributed by atoms with Crippen molar-refractivity contribution in [3.05, 3.63) is 46.2 Å². The fourth-order valence-corrected chi connectivity index (χ4v) is 2.81. The Bertz CT molecular complexity index is 855. The summed E-state index contributed by atoms with van der Waals surface area (Å²) in [6.45, 7) is 1.38. The zero-order valence-corrected chi connectivity index (χ0v) is 16.3. The van der Waals surface area contributed by atoms with Gasteiger partial charge in [-0.1, -0.05) is 30.1 Å². The summed E-state index contributed by atoms with van der Waals surface area (Å²) in [5, 5.41) is 6.57. The molecule has 2 amide bonds. The standard InChI is InChI=1S/C17H17Cl2F3N4O2/c1-2-6-25(9-15(27)23-13-4-3-11(18)8-12(13)19)16(28)10-26-7-5-14(24-26)17(20,21)22/h3-5,7-8H,2,6,9-10H2,1H3,(H,23,27). The average molecular weight is 437 g/mol. The fourth-order valence-electron chi connectivity index (χ4n) is 2.36. The second-order valence-electron chi connectivity index (χ2n) is 5.88. The van der Waals surface area contributed by atoms with E-state index < -0.39 is 30.2 Å². The van der Waals surface area contributed by atoms with E-state index in [1.165, 1.54) is 17.0 Å². The Morgan fingerprint density at radius 3 is 2.54 bits per heavy atom. The number of carbonyl (C=O) groups excluding carboxylic acids is 2. The van der Waals surface area contributed by atoms with Gasteiger partial charge in [0.2, 0.25) is 11.8 Å². The lowest BCUT2D eigenvalue weighted by Gasteiger charge is -2.22. The van der Waals surface area contributed by atoms with Gasteiger partial charge in [0.25, 0.3) is 0 Å². The highest BCUT2D eigenvalue weighted by Gasteiger charge is 2.33. The van der Waals surface area contributed by atoms with Gasteiger partial charge in [0.15, 0.2) is 5.69 Å². The SMILES string of the molecule is CCCN(CC(=O)Nc1ccc(Cl)cc1Cl)C(=O)Cn1ccc(C(F)(F)F)n1. The minimum absolute atomic E-state index is 0.241. The number of hydrogen-bond acceptors (Lipinski definition) is 3. The smallest absolute Gasteiger partial charge is 0.332 e. The Kier molecular flexibility index (Phi) is 7.31. The molecule has 0 aliphatic heterocycles. The molecule has 1 aromatic heterocycles. The van der Waals surface area contributed by atoms with E-state index in [0.717, 1.165) is 16.9 Å². The van der Waals surface area contributed by atoms with Crippen LogP contribution < -0.4 is 5.32 Å². The zero-order chi connectivity index (χ0) is 20.9. The molecule has 0 aliphatic rings. The van der Waals surface area contributed by atoms with Gasteiger partial charge in [-0.25, -0.2) is 0 Å². The fraction of sp³-hybridized carbons (Fsp3) is 0.353. The van der Waals surface area contributed by atoms with E-state index in [0.29, 0.717) is 17.1 Å². The third-order valence-corrected chi connectivity index (χ3v) is 4.16. The van der Waals surface area contributed by atoms with Gasteiger partial charge in [0.1, 0.15) is 6.54 Å². The van der Waals surface area contributed by atoms with Gasteiger partial charge in [0.05, 0.1) is 17.3 Å². The normalized spacial score (nSPS) is 11.4. The molecule has 0 aliphatic carbocycles. The van der Waals surface area contributed by atoms with Crippen molar-refractivity contribution in [2.75, 3.05) is 18.4 Å². The molecule has 0 atom stereocenters. The van der Waals surface area contributed by atoms with Gasteiger partial charge in [-0.2, -0.15) is 18.3 Å². The number of alkyl halides is 3. The van der Waals surface area contributed by atoms with Crippen molar-refractivity contribution in [2.24, 2.45) is 0 Å². The van der Waals surface area contributed by atoms with Crippen molar-refractivity contribution in [2.45, 2.75) is 26.1 Å². The van der Waals surface area contributed by atoms with E-state index in [2.05, 4.69) is 10.4 Å². The maximum Gasteiger partial charge on any atom is 0.435 e. The zero-order valence-electron chi connectivity index (χ0n) is 14.8. The Morgan fingerprint density at radius 1 is 1.25 bits per heavy atom. The lowest BCUT2D eigenvalue weighted by Crippen LogP contribution is -2.40. The Balaban J connectivity index is 2.02. The molecular weight excluding hydrogens is 420 g/mol. The van der Waals surface area contributed by atoms with Crippen LogP contribution in [0.1, 0.15) is 19.0 Å². The second kappa shape index (κ2) is 9.29. The highest BCUT2D eigenvalue weighted by atomic mass is 35.5. The molecule has 0 saturated heterocycles. The molecule has 2 aromatic rings. The van der Waals surface area contributed by atoms with Gasteiger partial charge in [0, 0.05) is 17.8 Å². The third kappa shape index (κ3) is 6.13. The van der Waals surface area contributed by atoms with Gasteiger partial charge >= 0.3 is 6.18 Å². The predicted molar refractivity (Wildman–Crippen MR) is 99.2 cm³/mol. The molecule has 11 heteroatoms. The van der Waals surface area contributed by atoms with Crippen molar-refractivity contribution in [1.29, 1.82) is 0 Å². The minimum Gasteiger partial charge on any atom is -0.332 e. The Morgan fingerprint density at radius 2 is 1.96 bits per heavy atom. The number of carbonyl (C=O) groups is 2. The lowest BCUT2D eigenvalue weighted by molar-refractivity contribution is -0.142. The lowest BCUT2D eigenvalue weighted by atomic mass is 10.3. The van der Waals surface area contributed by atoms with Crippen molar-refractivity contribution >= 4 is 40.7 Å². The summed E-state index contributed by atoms with van der Waals surface area (Å²) in [6.07, 6.45) is -2.96. The molecule has 2 rings (SSSR count). The van der Waals surface area contributed by atoms with Crippen molar-refractivity contribution in [3.63, 3.8) is 0 Å². The van der Waals surface area contributed by atoms with Crippen LogP contribution in [-0.2, 0) is 22.3 Å². The molecule has 0 unspecified atom stereocenters. The van der Waals surface area contributed by atoms with Crippen LogP contribution >= 0.6 is 23.2 Å². The summed E-state index contributed by atoms with van der Waals surface area (Å²) in [5.41, 5.74) is -0.751. The van der Waals surface area contributed by atoms with Crippen LogP contribution in [0.25, 0.3) is 0 Å². The summed E-state index contributed by atoms with van der Waals surface area (Å²) in [6, 6.07) is 5.32.